The fraction of sp³-hybridized carbons (Fsp3) is 0.250. The third-order valence-electron chi connectivity index (χ3n) is 4.02. The minimum absolute atomic E-state index is 0.0299. The molecule has 0 aliphatic carbocycles. The summed E-state index contributed by atoms with van der Waals surface area (Å²) in [5.74, 6) is -1.29. The number of non-ortho nitro benzene ring substituents is 1. The van der Waals surface area contributed by atoms with Gasteiger partial charge in [-0.25, -0.2) is 0 Å². The van der Waals surface area contributed by atoms with E-state index in [2.05, 4.69) is 10.6 Å². The van der Waals surface area contributed by atoms with E-state index in [1.807, 2.05) is 0 Å². The number of nitrogens with one attached hydrogen (secondary N) is 2. The van der Waals surface area contributed by atoms with Gasteiger partial charge in [-0.15, -0.1) is 0 Å². The number of nitro benzene ring substituents is 1. The van der Waals surface area contributed by atoms with Crippen LogP contribution < -0.4 is 15.4 Å². The number of methoxy groups -OCH3 is 1. The van der Waals surface area contributed by atoms with Gasteiger partial charge in [0, 0.05) is 24.2 Å². The third kappa shape index (κ3) is 6.59. The monoisotopic (exact) mass is 415 g/mol. The van der Waals surface area contributed by atoms with Gasteiger partial charge < -0.3 is 20.1 Å². The maximum atomic E-state index is 12.1. The van der Waals surface area contributed by atoms with Crippen molar-refractivity contribution in [2.75, 3.05) is 13.7 Å². The van der Waals surface area contributed by atoms with E-state index in [1.165, 1.54) is 25.1 Å². The Hall–Kier alpha value is -3.95. The molecule has 0 radical (unpaired) electrons. The normalized spacial score (nSPS) is 11.1. The summed E-state index contributed by atoms with van der Waals surface area (Å²) in [6.45, 7) is 1.16. The molecule has 2 N–H and O–H groups in total. The van der Waals surface area contributed by atoms with E-state index in [0.717, 1.165) is 11.6 Å². The molecule has 2 rings (SSSR count). The second kappa shape index (κ2) is 10.6. The van der Waals surface area contributed by atoms with Gasteiger partial charge in [0.05, 0.1) is 12.0 Å². The Bertz CT molecular complexity index is 928. The zero-order valence-corrected chi connectivity index (χ0v) is 16.4. The second-order valence-electron chi connectivity index (χ2n) is 6.19. The quantitative estimate of drug-likeness (QED) is 0.360. The summed E-state index contributed by atoms with van der Waals surface area (Å²) in [6.07, 6.45) is -1.06. The summed E-state index contributed by atoms with van der Waals surface area (Å²) in [4.78, 5) is 46.1. The summed E-state index contributed by atoms with van der Waals surface area (Å²) in [5.41, 5.74) is 0.626. The molecule has 0 unspecified atom stereocenters. The average Bonchev–Trinajstić information content (AvgIpc) is 2.76. The zero-order valence-electron chi connectivity index (χ0n) is 16.4. The summed E-state index contributed by atoms with van der Waals surface area (Å²) in [6, 6.07) is 12.2. The van der Waals surface area contributed by atoms with E-state index in [4.69, 9.17) is 9.47 Å². The first kappa shape index (κ1) is 22.3. The highest BCUT2D eigenvalue weighted by Gasteiger charge is 2.18. The second-order valence-corrected chi connectivity index (χ2v) is 6.19. The van der Waals surface area contributed by atoms with Crippen LogP contribution in [0.1, 0.15) is 22.8 Å². The largest absolute Gasteiger partial charge is 0.497 e. The van der Waals surface area contributed by atoms with Crippen LogP contribution in [0.25, 0.3) is 0 Å². The Kier molecular flexibility index (Phi) is 7.86. The number of hydrogen-bond donors (Lipinski definition) is 2. The fourth-order valence-electron chi connectivity index (χ4n) is 2.38. The van der Waals surface area contributed by atoms with Gasteiger partial charge in [0.2, 0.25) is 0 Å². The van der Waals surface area contributed by atoms with Crippen molar-refractivity contribution >= 4 is 23.5 Å². The number of ether oxygens (including phenoxy) is 2. The van der Waals surface area contributed by atoms with Gasteiger partial charge in [-0.2, -0.15) is 0 Å². The fourth-order valence-corrected chi connectivity index (χ4v) is 2.38. The Morgan fingerprint density at radius 2 is 1.80 bits per heavy atom. The highest BCUT2D eigenvalue weighted by Crippen LogP contribution is 2.13. The number of hydrogen-bond acceptors (Lipinski definition) is 7. The maximum Gasteiger partial charge on any atom is 0.326 e. The van der Waals surface area contributed by atoms with Gasteiger partial charge in [0.15, 0.2) is 6.10 Å². The average molecular weight is 415 g/mol. The molecule has 0 saturated carbocycles. The van der Waals surface area contributed by atoms with Crippen molar-refractivity contribution in [2.45, 2.75) is 19.6 Å². The van der Waals surface area contributed by atoms with Gasteiger partial charge in [-0.1, -0.05) is 18.2 Å². The number of benzene rings is 2. The van der Waals surface area contributed by atoms with Crippen LogP contribution in [0.5, 0.6) is 5.75 Å². The molecule has 0 aliphatic heterocycles. The minimum atomic E-state index is -1.06. The Morgan fingerprint density at radius 3 is 2.43 bits per heavy atom. The SMILES string of the molecule is COc1ccc(CNC(=O)[C@H](C)OC(=O)CNC(=O)c2cccc([N+](=O)[O-])c2)cc1. The number of rotatable bonds is 9. The first-order valence-corrected chi connectivity index (χ1v) is 8.93. The molecule has 10 nitrogen and oxygen atoms in total. The van der Waals surface area contributed by atoms with E-state index in [9.17, 15) is 24.5 Å². The van der Waals surface area contributed by atoms with Crippen molar-refractivity contribution in [1.82, 2.24) is 10.6 Å². The lowest BCUT2D eigenvalue weighted by atomic mass is 10.2. The van der Waals surface area contributed by atoms with Crippen molar-refractivity contribution < 1.29 is 28.8 Å². The summed E-state index contributed by atoms with van der Waals surface area (Å²) < 4.78 is 10.0. The molecule has 0 saturated heterocycles. The number of amides is 2. The van der Waals surface area contributed by atoms with Crippen LogP contribution in [0.15, 0.2) is 48.5 Å². The van der Waals surface area contributed by atoms with Crippen molar-refractivity contribution in [3.05, 3.63) is 69.8 Å². The smallest absolute Gasteiger partial charge is 0.326 e. The van der Waals surface area contributed by atoms with Gasteiger partial charge in [-0.3, -0.25) is 24.5 Å². The Labute approximate surface area is 172 Å². The summed E-state index contributed by atoms with van der Waals surface area (Å²) in [7, 11) is 1.55. The molecule has 0 heterocycles. The van der Waals surface area contributed by atoms with Crippen LogP contribution in [-0.2, 0) is 20.9 Å². The molecule has 158 valence electrons. The number of nitrogens with zero attached hydrogens (tertiary/aromatic N) is 1. The van der Waals surface area contributed by atoms with Gasteiger partial charge in [0.25, 0.3) is 17.5 Å². The van der Waals surface area contributed by atoms with Gasteiger partial charge in [-0.05, 0) is 30.7 Å². The highest BCUT2D eigenvalue weighted by atomic mass is 16.6. The molecule has 2 aromatic rings. The van der Waals surface area contributed by atoms with Crippen LogP contribution in [0.3, 0.4) is 0 Å². The topological polar surface area (TPSA) is 137 Å². The number of nitro groups is 1. The zero-order chi connectivity index (χ0) is 22.1. The molecule has 0 aromatic heterocycles. The summed E-state index contributed by atoms with van der Waals surface area (Å²) in [5, 5.41) is 15.7. The van der Waals surface area contributed by atoms with Crippen molar-refractivity contribution in [3.8, 4) is 5.75 Å². The van der Waals surface area contributed by atoms with Crippen molar-refractivity contribution in [2.24, 2.45) is 0 Å². The molecular weight excluding hydrogens is 394 g/mol. The number of carbonyl (C=O) groups is 3. The predicted molar refractivity (Wildman–Crippen MR) is 106 cm³/mol. The standard InChI is InChI=1S/C20H21N3O7/c1-13(19(25)21-11-14-6-8-17(29-2)9-7-14)30-18(24)12-22-20(26)15-4-3-5-16(10-15)23(27)28/h3-10,13H,11-12H2,1-2H3,(H,21,25)(H,22,26)/t13-/m0/s1. The summed E-state index contributed by atoms with van der Waals surface area (Å²) >= 11 is 0. The van der Waals surface area contributed by atoms with Crippen LogP contribution in [0.4, 0.5) is 5.69 Å². The van der Waals surface area contributed by atoms with E-state index < -0.39 is 35.4 Å². The molecule has 10 heteroatoms. The molecule has 0 bridgehead atoms. The Morgan fingerprint density at radius 1 is 1.10 bits per heavy atom. The predicted octanol–water partition coefficient (Wildman–Crippen LogP) is 1.58. The maximum absolute atomic E-state index is 12.1. The molecule has 0 aliphatic rings. The van der Waals surface area contributed by atoms with Gasteiger partial charge >= 0.3 is 5.97 Å². The minimum Gasteiger partial charge on any atom is -0.497 e. The first-order valence-electron chi connectivity index (χ1n) is 8.93. The van der Waals surface area contributed by atoms with Crippen LogP contribution in [0.2, 0.25) is 0 Å². The molecule has 2 aromatic carbocycles. The molecular formula is C20H21N3O7. The van der Waals surface area contributed by atoms with Crippen LogP contribution in [-0.4, -0.2) is 42.5 Å². The first-order chi connectivity index (χ1) is 14.3. The van der Waals surface area contributed by atoms with Crippen LogP contribution in [0, 0.1) is 10.1 Å². The molecule has 1 atom stereocenters. The lowest BCUT2D eigenvalue weighted by molar-refractivity contribution is -0.384. The molecule has 0 spiro atoms. The van der Waals surface area contributed by atoms with Crippen molar-refractivity contribution in [3.63, 3.8) is 0 Å². The third-order valence-corrected chi connectivity index (χ3v) is 4.02. The molecule has 30 heavy (non-hydrogen) atoms. The number of esters is 1. The van der Waals surface area contributed by atoms with E-state index in [0.29, 0.717) is 5.75 Å². The van der Waals surface area contributed by atoms with Gasteiger partial charge in [0.1, 0.15) is 12.3 Å². The van der Waals surface area contributed by atoms with Crippen molar-refractivity contribution in [1.29, 1.82) is 0 Å². The Balaban J connectivity index is 1.77. The highest BCUT2D eigenvalue weighted by molar-refractivity contribution is 5.96. The lowest BCUT2D eigenvalue weighted by Gasteiger charge is -2.14. The van der Waals surface area contributed by atoms with E-state index in [1.54, 1.807) is 31.4 Å². The van der Waals surface area contributed by atoms with E-state index in [-0.39, 0.29) is 17.8 Å². The molecule has 2 amide bonds. The molecule has 0 fully saturated rings. The van der Waals surface area contributed by atoms with E-state index >= 15 is 0 Å². The van der Waals surface area contributed by atoms with Crippen LogP contribution >= 0.6 is 0 Å². The lowest BCUT2D eigenvalue weighted by Crippen LogP contribution is -2.38. The number of carbonyl (C=O) groups excluding carboxylic acids is 3.